The summed E-state index contributed by atoms with van der Waals surface area (Å²) in [6.07, 6.45) is -2.59. The van der Waals surface area contributed by atoms with Crippen LogP contribution in [0, 0.1) is 5.92 Å². The molecule has 1 aliphatic heterocycles. The molecule has 1 aliphatic rings. The van der Waals surface area contributed by atoms with Gasteiger partial charge in [0.15, 0.2) is 0 Å². The number of thiophene rings is 1. The van der Waals surface area contributed by atoms with E-state index in [1.807, 2.05) is 18.0 Å². The molecule has 154 valence electrons. The minimum Gasteiger partial charge on any atom is -0.406 e. The third-order valence-corrected chi connectivity index (χ3v) is 5.61. The monoisotopic (exact) mass is 434 g/mol. The van der Waals surface area contributed by atoms with Crippen LogP contribution >= 0.6 is 23.7 Å². The molecule has 3 rings (SSSR count). The van der Waals surface area contributed by atoms with E-state index in [4.69, 9.17) is 0 Å². The van der Waals surface area contributed by atoms with Crippen molar-refractivity contribution in [3.8, 4) is 16.2 Å². The van der Waals surface area contributed by atoms with E-state index in [2.05, 4.69) is 10.1 Å². The number of amides is 1. The predicted octanol–water partition coefficient (Wildman–Crippen LogP) is 4.81. The summed E-state index contributed by atoms with van der Waals surface area (Å²) < 4.78 is 40.6. The van der Waals surface area contributed by atoms with Crippen molar-refractivity contribution in [3.05, 3.63) is 41.3 Å². The smallest absolute Gasteiger partial charge is 0.406 e. The fraction of sp³-hybridized carbons (Fsp3) is 0.421. The molecule has 9 heteroatoms. The Morgan fingerprint density at radius 1 is 1.25 bits per heavy atom. The lowest BCUT2D eigenvalue weighted by Crippen LogP contribution is -2.42. The summed E-state index contributed by atoms with van der Waals surface area (Å²) in [7, 11) is 1.91. The number of nitrogens with one attached hydrogen (secondary N) is 1. The molecule has 2 heterocycles. The number of likely N-dealkylation sites (tertiary alicyclic amines) is 1. The van der Waals surface area contributed by atoms with Crippen molar-refractivity contribution in [2.45, 2.75) is 19.2 Å². The molecule has 1 saturated heterocycles. The van der Waals surface area contributed by atoms with Crippen LogP contribution in [-0.2, 0) is 0 Å². The van der Waals surface area contributed by atoms with Gasteiger partial charge in [-0.1, -0.05) is 0 Å². The third kappa shape index (κ3) is 5.86. The van der Waals surface area contributed by atoms with Crippen molar-refractivity contribution < 1.29 is 22.7 Å². The number of carbonyl (C=O) groups is 1. The Labute approximate surface area is 172 Å². The van der Waals surface area contributed by atoms with Crippen LogP contribution in [0.2, 0.25) is 0 Å². The van der Waals surface area contributed by atoms with Gasteiger partial charge in [0.05, 0.1) is 4.88 Å². The molecule has 1 aromatic carbocycles. The minimum absolute atomic E-state index is 0. The first-order chi connectivity index (χ1) is 12.9. The van der Waals surface area contributed by atoms with E-state index in [0.29, 0.717) is 10.8 Å². The van der Waals surface area contributed by atoms with Crippen molar-refractivity contribution in [2.75, 3.05) is 26.7 Å². The van der Waals surface area contributed by atoms with Crippen LogP contribution in [0.1, 0.15) is 22.5 Å². The number of rotatable bonds is 5. The first kappa shape index (κ1) is 22.5. The zero-order chi connectivity index (χ0) is 19.4. The SMILES string of the molecule is CNCC1CCCN(C(=O)c2ccc(-c3ccc(OC(F)(F)F)cc3)s2)C1.Cl. The fourth-order valence-corrected chi connectivity index (χ4v) is 4.27. The van der Waals surface area contributed by atoms with Crippen molar-refractivity contribution in [1.29, 1.82) is 0 Å². The lowest BCUT2D eigenvalue weighted by Gasteiger charge is -2.32. The van der Waals surface area contributed by atoms with Crippen LogP contribution in [-0.4, -0.2) is 43.9 Å². The maximum Gasteiger partial charge on any atom is 0.573 e. The van der Waals surface area contributed by atoms with Crippen LogP contribution in [0.5, 0.6) is 5.75 Å². The topological polar surface area (TPSA) is 41.6 Å². The highest BCUT2D eigenvalue weighted by atomic mass is 35.5. The van der Waals surface area contributed by atoms with E-state index in [1.54, 1.807) is 18.2 Å². The number of piperidine rings is 1. The highest BCUT2D eigenvalue weighted by molar-refractivity contribution is 7.17. The first-order valence-corrected chi connectivity index (χ1v) is 9.57. The summed E-state index contributed by atoms with van der Waals surface area (Å²) in [5.74, 6) is 0.223. The summed E-state index contributed by atoms with van der Waals surface area (Å²) in [4.78, 5) is 16.1. The number of carbonyl (C=O) groups excluding carboxylic acids is 1. The van der Waals surface area contributed by atoms with Gasteiger partial charge in [-0.05, 0) is 74.3 Å². The van der Waals surface area contributed by atoms with Gasteiger partial charge >= 0.3 is 6.36 Å². The molecule has 4 nitrogen and oxygen atoms in total. The highest BCUT2D eigenvalue weighted by Crippen LogP contribution is 2.32. The van der Waals surface area contributed by atoms with Gasteiger partial charge in [-0.2, -0.15) is 0 Å². The largest absolute Gasteiger partial charge is 0.573 e. The van der Waals surface area contributed by atoms with Crippen molar-refractivity contribution in [3.63, 3.8) is 0 Å². The predicted molar refractivity (Wildman–Crippen MR) is 106 cm³/mol. The Morgan fingerprint density at radius 3 is 2.61 bits per heavy atom. The average Bonchev–Trinajstić information content (AvgIpc) is 3.11. The first-order valence-electron chi connectivity index (χ1n) is 8.75. The molecule has 1 fully saturated rings. The standard InChI is InChI=1S/C19H21F3N2O2S.ClH/c1-23-11-13-3-2-10-24(12-13)18(25)17-9-8-16(27-17)14-4-6-15(7-5-14)26-19(20,21)22;/h4-9,13,23H,2-3,10-12H2,1H3;1H. The summed E-state index contributed by atoms with van der Waals surface area (Å²) in [5, 5.41) is 3.16. The molecule has 2 aromatic rings. The summed E-state index contributed by atoms with van der Waals surface area (Å²) >= 11 is 1.35. The molecule has 1 amide bonds. The van der Waals surface area contributed by atoms with Gasteiger partial charge in [-0.15, -0.1) is 36.9 Å². The average molecular weight is 435 g/mol. The van der Waals surface area contributed by atoms with Gasteiger partial charge in [0, 0.05) is 18.0 Å². The van der Waals surface area contributed by atoms with Crippen LogP contribution in [0.4, 0.5) is 13.2 Å². The van der Waals surface area contributed by atoms with Gasteiger partial charge in [-0.25, -0.2) is 0 Å². The molecular weight excluding hydrogens is 413 g/mol. The Kier molecular flexibility index (Phi) is 7.74. The number of ether oxygens (including phenoxy) is 1. The number of hydrogen-bond acceptors (Lipinski definition) is 4. The molecule has 0 bridgehead atoms. The van der Waals surface area contributed by atoms with Gasteiger partial charge in [0.2, 0.25) is 0 Å². The maximum atomic E-state index is 12.8. The second-order valence-corrected chi connectivity index (χ2v) is 7.64. The van der Waals surface area contributed by atoms with Gasteiger partial charge in [0.25, 0.3) is 5.91 Å². The van der Waals surface area contributed by atoms with Crippen molar-refractivity contribution in [2.24, 2.45) is 5.92 Å². The summed E-state index contributed by atoms with van der Waals surface area (Å²) in [6.45, 7) is 2.40. The lowest BCUT2D eigenvalue weighted by atomic mass is 9.98. The Morgan fingerprint density at radius 2 is 1.96 bits per heavy atom. The quantitative estimate of drug-likeness (QED) is 0.734. The Balaban J connectivity index is 0.00000280. The minimum atomic E-state index is -4.70. The zero-order valence-corrected chi connectivity index (χ0v) is 16.9. The molecule has 0 aliphatic carbocycles. The van der Waals surface area contributed by atoms with Crippen LogP contribution < -0.4 is 10.1 Å². The van der Waals surface area contributed by atoms with Crippen LogP contribution in [0.25, 0.3) is 10.4 Å². The van der Waals surface area contributed by atoms with E-state index in [-0.39, 0.29) is 24.1 Å². The molecular formula is C19H22ClF3N2O2S. The molecule has 0 spiro atoms. The van der Waals surface area contributed by atoms with E-state index < -0.39 is 6.36 Å². The maximum absolute atomic E-state index is 12.8. The number of hydrogen-bond donors (Lipinski definition) is 1. The summed E-state index contributed by atoms with van der Waals surface area (Å²) in [5.41, 5.74) is 0.750. The fourth-order valence-electron chi connectivity index (χ4n) is 3.29. The van der Waals surface area contributed by atoms with E-state index >= 15 is 0 Å². The number of benzene rings is 1. The van der Waals surface area contributed by atoms with E-state index in [1.165, 1.54) is 23.5 Å². The van der Waals surface area contributed by atoms with E-state index in [9.17, 15) is 18.0 Å². The van der Waals surface area contributed by atoms with E-state index in [0.717, 1.165) is 42.9 Å². The Hall–Kier alpha value is -1.77. The molecule has 1 aromatic heterocycles. The molecule has 1 N–H and O–H groups in total. The molecule has 0 radical (unpaired) electrons. The number of alkyl halides is 3. The van der Waals surface area contributed by atoms with Crippen LogP contribution in [0.3, 0.4) is 0 Å². The molecule has 28 heavy (non-hydrogen) atoms. The van der Waals surface area contributed by atoms with Gasteiger partial charge in [0.1, 0.15) is 5.75 Å². The normalized spacial score (nSPS) is 17.1. The second kappa shape index (κ2) is 9.62. The van der Waals surface area contributed by atoms with Crippen LogP contribution in [0.15, 0.2) is 36.4 Å². The zero-order valence-electron chi connectivity index (χ0n) is 15.3. The molecule has 1 atom stereocenters. The molecule has 0 saturated carbocycles. The van der Waals surface area contributed by atoms with Crippen molar-refractivity contribution in [1.82, 2.24) is 10.2 Å². The third-order valence-electron chi connectivity index (χ3n) is 4.49. The number of halogens is 4. The Bertz CT molecular complexity index is 778. The summed E-state index contributed by atoms with van der Waals surface area (Å²) in [6, 6.07) is 9.28. The lowest BCUT2D eigenvalue weighted by molar-refractivity contribution is -0.274. The molecule has 1 unspecified atom stereocenters. The second-order valence-electron chi connectivity index (χ2n) is 6.55. The van der Waals surface area contributed by atoms with Crippen molar-refractivity contribution >= 4 is 29.7 Å². The van der Waals surface area contributed by atoms with Gasteiger partial charge in [-0.3, -0.25) is 4.79 Å². The highest BCUT2D eigenvalue weighted by Gasteiger charge is 2.31. The van der Waals surface area contributed by atoms with Gasteiger partial charge < -0.3 is 15.0 Å². The number of nitrogens with zero attached hydrogens (tertiary/aromatic N) is 1.